The van der Waals surface area contributed by atoms with Crippen molar-refractivity contribution in [3.05, 3.63) is 125 Å². The van der Waals surface area contributed by atoms with E-state index >= 15 is 0 Å². The molecule has 4 rings (SSSR count). The minimum absolute atomic E-state index is 0. The van der Waals surface area contributed by atoms with E-state index in [1.54, 1.807) is 12.1 Å². The Morgan fingerprint density at radius 2 is 1.42 bits per heavy atom. The van der Waals surface area contributed by atoms with Crippen molar-refractivity contribution in [2.75, 3.05) is 19.8 Å². The number of halogens is 1. The Balaban J connectivity index is 0.00000400. The van der Waals surface area contributed by atoms with E-state index in [1.807, 2.05) is 79.7 Å². The van der Waals surface area contributed by atoms with Crippen molar-refractivity contribution in [1.82, 2.24) is 10.0 Å². The molecule has 0 unspecified atom stereocenters. The lowest BCUT2D eigenvalue weighted by Gasteiger charge is -2.30. The van der Waals surface area contributed by atoms with Crippen LogP contribution in [0.4, 0.5) is 0 Å². The first-order valence-corrected chi connectivity index (χ1v) is 14.2. The predicted octanol–water partition coefficient (Wildman–Crippen LogP) is 6.45. The van der Waals surface area contributed by atoms with Crippen LogP contribution in [-0.4, -0.2) is 28.2 Å². The third-order valence-corrected chi connectivity index (χ3v) is 8.00. The van der Waals surface area contributed by atoms with E-state index in [0.717, 1.165) is 29.5 Å². The maximum Gasteiger partial charge on any atom is 0.241 e. The Bertz CT molecular complexity index is 1310. The van der Waals surface area contributed by atoms with Gasteiger partial charge >= 0.3 is 0 Å². The van der Waals surface area contributed by atoms with Gasteiger partial charge in [-0.15, -0.1) is 12.4 Å². The minimum Gasteiger partial charge on any atom is -0.376 e. The summed E-state index contributed by atoms with van der Waals surface area (Å²) in [6.45, 7) is 5.81. The lowest BCUT2D eigenvalue weighted by atomic mass is 9.94. The van der Waals surface area contributed by atoms with Crippen molar-refractivity contribution < 1.29 is 13.2 Å². The first-order chi connectivity index (χ1) is 17.9. The number of aryl methyl sites for hydroxylation is 1. The van der Waals surface area contributed by atoms with Gasteiger partial charge in [0, 0.05) is 6.54 Å². The van der Waals surface area contributed by atoms with E-state index in [0.29, 0.717) is 19.8 Å². The maximum absolute atomic E-state index is 13.5. The molecule has 3 aromatic carbocycles. The molecular formula is C31H37ClN2O3S. The Hall–Kier alpha value is -2.74. The number of rotatable bonds is 12. The van der Waals surface area contributed by atoms with Crippen LogP contribution >= 0.6 is 12.4 Å². The van der Waals surface area contributed by atoms with Gasteiger partial charge in [0.25, 0.3) is 0 Å². The molecule has 0 radical (unpaired) electrons. The van der Waals surface area contributed by atoms with Gasteiger partial charge in [-0.05, 0) is 55.5 Å². The van der Waals surface area contributed by atoms with Crippen LogP contribution in [0.15, 0.2) is 113 Å². The number of hydrogen-bond acceptors (Lipinski definition) is 4. The molecule has 3 aromatic rings. The third-order valence-electron chi connectivity index (χ3n) is 6.54. The maximum atomic E-state index is 13.5. The molecular weight excluding hydrogens is 516 g/mol. The molecule has 2 atom stereocenters. The van der Waals surface area contributed by atoms with Crippen molar-refractivity contribution in [3.63, 3.8) is 0 Å². The van der Waals surface area contributed by atoms with Gasteiger partial charge in [-0.3, -0.25) is 0 Å². The molecule has 0 aliphatic heterocycles. The molecule has 2 N–H and O–H groups in total. The normalized spacial score (nSPS) is 15.1. The lowest BCUT2D eigenvalue weighted by molar-refractivity contribution is 0.152. The van der Waals surface area contributed by atoms with Crippen LogP contribution in [0.1, 0.15) is 48.5 Å². The summed E-state index contributed by atoms with van der Waals surface area (Å²) < 4.78 is 35.9. The summed E-state index contributed by atoms with van der Waals surface area (Å²) in [6, 6.07) is 25.8. The van der Waals surface area contributed by atoms with Gasteiger partial charge in [0.15, 0.2) is 0 Å². The van der Waals surface area contributed by atoms with Crippen LogP contribution in [0.5, 0.6) is 0 Å². The van der Waals surface area contributed by atoms with Crippen LogP contribution in [0.3, 0.4) is 0 Å². The van der Waals surface area contributed by atoms with Crippen molar-refractivity contribution >= 4 is 22.4 Å². The van der Waals surface area contributed by atoms with Gasteiger partial charge < -0.3 is 10.1 Å². The van der Waals surface area contributed by atoms with Crippen LogP contribution in [-0.2, 0) is 14.8 Å². The third kappa shape index (κ3) is 8.38. The summed E-state index contributed by atoms with van der Waals surface area (Å²) in [6.07, 6.45) is 6.42. The molecule has 0 saturated carbocycles. The highest BCUT2D eigenvalue weighted by Crippen LogP contribution is 2.31. The van der Waals surface area contributed by atoms with Crippen LogP contribution in [0.25, 0.3) is 0 Å². The quantitative estimate of drug-likeness (QED) is 0.200. The SMILES string of the molecule is CC1=CCC=C(COCCN[C@@H](c2ccccc2)[C@H](NS(=O)(=O)c2ccc(C)cc2)c2ccccc2)C1.Cl. The standard InChI is InChI=1S/C31H36N2O3S.ClH/c1-24-16-18-29(19-17-24)37(34,35)33-31(28-14-7-4-8-15-28)30(27-12-5-3-6-13-27)32-20-21-36-23-26-11-9-10-25(2)22-26;/h3-8,10-19,30-33H,9,20-23H2,1-2H3;1H/t30-,31+;/m0./s1. The van der Waals surface area contributed by atoms with E-state index in [4.69, 9.17) is 4.74 Å². The number of nitrogens with one attached hydrogen (secondary N) is 2. The van der Waals surface area contributed by atoms with Crippen LogP contribution < -0.4 is 10.0 Å². The molecule has 7 heteroatoms. The second-order valence-corrected chi connectivity index (χ2v) is 11.3. The number of sulfonamides is 1. The number of ether oxygens (including phenoxy) is 1. The molecule has 202 valence electrons. The van der Waals surface area contributed by atoms with Gasteiger partial charge in [0.2, 0.25) is 10.0 Å². The van der Waals surface area contributed by atoms with Gasteiger partial charge in [-0.25, -0.2) is 13.1 Å². The fourth-order valence-electron chi connectivity index (χ4n) is 4.56. The Kier molecular flexibility index (Phi) is 11.3. The molecule has 1 aliphatic carbocycles. The summed E-state index contributed by atoms with van der Waals surface area (Å²) in [5, 5.41) is 3.58. The molecule has 0 amide bonds. The first-order valence-electron chi connectivity index (χ1n) is 12.8. The molecule has 5 nitrogen and oxygen atoms in total. The smallest absolute Gasteiger partial charge is 0.241 e. The largest absolute Gasteiger partial charge is 0.376 e. The zero-order valence-electron chi connectivity index (χ0n) is 22.0. The molecule has 0 saturated heterocycles. The molecule has 0 heterocycles. The van der Waals surface area contributed by atoms with E-state index in [1.165, 1.54) is 11.1 Å². The van der Waals surface area contributed by atoms with Gasteiger partial charge in [-0.2, -0.15) is 0 Å². The average Bonchev–Trinajstić information content (AvgIpc) is 2.91. The van der Waals surface area contributed by atoms with Crippen molar-refractivity contribution in [2.24, 2.45) is 0 Å². The van der Waals surface area contributed by atoms with Crippen molar-refractivity contribution in [2.45, 2.75) is 43.7 Å². The summed E-state index contributed by atoms with van der Waals surface area (Å²) in [7, 11) is -3.77. The number of allylic oxidation sites excluding steroid dienone is 3. The summed E-state index contributed by atoms with van der Waals surface area (Å²) in [4.78, 5) is 0.249. The fourth-order valence-corrected chi connectivity index (χ4v) is 5.80. The molecule has 0 bridgehead atoms. The monoisotopic (exact) mass is 552 g/mol. The summed E-state index contributed by atoms with van der Waals surface area (Å²) >= 11 is 0. The summed E-state index contributed by atoms with van der Waals surface area (Å²) in [5.74, 6) is 0. The van der Waals surface area contributed by atoms with Crippen molar-refractivity contribution in [1.29, 1.82) is 0 Å². The van der Waals surface area contributed by atoms with E-state index in [9.17, 15) is 8.42 Å². The molecule has 0 fully saturated rings. The van der Waals surface area contributed by atoms with Gasteiger partial charge in [0.1, 0.15) is 0 Å². The van der Waals surface area contributed by atoms with E-state index in [2.05, 4.69) is 29.1 Å². The zero-order valence-corrected chi connectivity index (χ0v) is 23.6. The minimum atomic E-state index is -3.77. The van der Waals surface area contributed by atoms with Crippen LogP contribution in [0.2, 0.25) is 0 Å². The predicted molar refractivity (Wildman–Crippen MR) is 157 cm³/mol. The van der Waals surface area contributed by atoms with E-state index < -0.39 is 16.1 Å². The lowest BCUT2D eigenvalue weighted by Crippen LogP contribution is -2.39. The van der Waals surface area contributed by atoms with Gasteiger partial charge in [0.05, 0.1) is 30.2 Å². The second-order valence-electron chi connectivity index (χ2n) is 9.54. The molecule has 0 spiro atoms. The summed E-state index contributed by atoms with van der Waals surface area (Å²) in [5.41, 5.74) is 5.59. The number of benzene rings is 3. The van der Waals surface area contributed by atoms with Crippen LogP contribution in [0, 0.1) is 6.92 Å². The molecule has 38 heavy (non-hydrogen) atoms. The topological polar surface area (TPSA) is 67.4 Å². The van der Waals surface area contributed by atoms with Crippen molar-refractivity contribution in [3.8, 4) is 0 Å². The number of hydrogen-bond donors (Lipinski definition) is 2. The second kappa shape index (κ2) is 14.4. The highest BCUT2D eigenvalue weighted by molar-refractivity contribution is 7.89. The fraction of sp³-hybridized carbons (Fsp3) is 0.290. The zero-order chi connectivity index (χ0) is 26.1. The Morgan fingerprint density at radius 3 is 2.03 bits per heavy atom. The average molecular weight is 553 g/mol. The highest BCUT2D eigenvalue weighted by Gasteiger charge is 2.29. The molecule has 0 aromatic heterocycles. The Morgan fingerprint density at radius 1 is 0.816 bits per heavy atom. The molecule has 1 aliphatic rings. The van der Waals surface area contributed by atoms with E-state index in [-0.39, 0.29) is 23.3 Å². The Labute approximate surface area is 233 Å². The highest BCUT2D eigenvalue weighted by atomic mass is 35.5. The van der Waals surface area contributed by atoms with Gasteiger partial charge in [-0.1, -0.05) is 96.1 Å². The first kappa shape index (κ1) is 29.8.